The summed E-state index contributed by atoms with van der Waals surface area (Å²) in [6.07, 6.45) is 9.22. The highest BCUT2D eigenvalue weighted by atomic mass is 16.1. The third kappa shape index (κ3) is 4.21. The van der Waals surface area contributed by atoms with Gasteiger partial charge in [-0.25, -0.2) is 0 Å². The molecule has 1 aliphatic rings. The Morgan fingerprint density at radius 3 is 2.56 bits per heavy atom. The Morgan fingerprint density at radius 2 is 2.00 bits per heavy atom. The third-order valence-electron chi connectivity index (χ3n) is 3.37. The normalized spacial score (nSPS) is 25.6. The Hall–Kier alpha value is -1.05. The van der Waals surface area contributed by atoms with Gasteiger partial charge < -0.3 is 5.32 Å². The number of allylic oxidation sites excluding steroid dienone is 2. The molecule has 1 saturated carbocycles. The SMILES string of the molecule is C=C(N/C=C\C)C(=O)CC1CCC(C)CC1. The highest BCUT2D eigenvalue weighted by molar-refractivity contribution is 5.94. The average molecular weight is 221 g/mol. The van der Waals surface area contributed by atoms with Crippen molar-refractivity contribution in [2.75, 3.05) is 0 Å². The van der Waals surface area contributed by atoms with Crippen LogP contribution in [0.4, 0.5) is 0 Å². The highest BCUT2D eigenvalue weighted by Crippen LogP contribution is 2.30. The lowest BCUT2D eigenvalue weighted by atomic mass is 9.80. The second-order valence-electron chi connectivity index (χ2n) is 4.88. The van der Waals surface area contributed by atoms with Gasteiger partial charge in [0.05, 0.1) is 5.70 Å². The van der Waals surface area contributed by atoms with Gasteiger partial charge >= 0.3 is 0 Å². The number of hydrogen-bond acceptors (Lipinski definition) is 2. The first kappa shape index (κ1) is 13.0. The van der Waals surface area contributed by atoms with Crippen molar-refractivity contribution < 1.29 is 4.79 Å². The molecule has 16 heavy (non-hydrogen) atoms. The van der Waals surface area contributed by atoms with Crippen LogP contribution in [0.1, 0.15) is 46.0 Å². The van der Waals surface area contributed by atoms with E-state index >= 15 is 0 Å². The molecular weight excluding hydrogens is 198 g/mol. The molecule has 1 aliphatic carbocycles. The van der Waals surface area contributed by atoms with Crippen molar-refractivity contribution in [3.05, 3.63) is 24.6 Å². The third-order valence-corrected chi connectivity index (χ3v) is 3.37. The quantitative estimate of drug-likeness (QED) is 0.721. The van der Waals surface area contributed by atoms with Crippen LogP contribution in [0.25, 0.3) is 0 Å². The predicted octanol–water partition coefficient (Wildman–Crippen LogP) is 3.41. The molecule has 0 heterocycles. The summed E-state index contributed by atoms with van der Waals surface area (Å²) < 4.78 is 0. The molecule has 0 saturated heterocycles. The zero-order valence-corrected chi connectivity index (χ0v) is 10.5. The topological polar surface area (TPSA) is 29.1 Å². The molecule has 0 aromatic heterocycles. The first-order valence-electron chi connectivity index (χ1n) is 6.23. The van der Waals surface area contributed by atoms with Gasteiger partial charge in [-0.15, -0.1) is 0 Å². The maximum absolute atomic E-state index is 11.8. The summed E-state index contributed by atoms with van der Waals surface area (Å²) >= 11 is 0. The van der Waals surface area contributed by atoms with Crippen LogP contribution in [0, 0.1) is 11.8 Å². The smallest absolute Gasteiger partial charge is 0.178 e. The molecule has 0 aliphatic heterocycles. The Kier molecular flexibility index (Phi) is 5.30. The Labute approximate surface area is 98.8 Å². The van der Waals surface area contributed by atoms with Gasteiger partial charge in [-0.1, -0.05) is 32.4 Å². The van der Waals surface area contributed by atoms with Crippen molar-refractivity contribution in [1.29, 1.82) is 0 Å². The molecule has 0 radical (unpaired) electrons. The largest absolute Gasteiger partial charge is 0.360 e. The van der Waals surface area contributed by atoms with Gasteiger partial charge in [0.1, 0.15) is 0 Å². The zero-order chi connectivity index (χ0) is 12.0. The molecule has 0 bridgehead atoms. The van der Waals surface area contributed by atoms with Gasteiger partial charge in [0.2, 0.25) is 0 Å². The van der Waals surface area contributed by atoms with Crippen LogP contribution in [-0.2, 0) is 4.79 Å². The Balaban J connectivity index is 2.31. The van der Waals surface area contributed by atoms with Crippen molar-refractivity contribution in [3.63, 3.8) is 0 Å². The molecule has 0 aromatic carbocycles. The maximum atomic E-state index is 11.8. The molecule has 1 fully saturated rings. The maximum Gasteiger partial charge on any atom is 0.178 e. The van der Waals surface area contributed by atoms with Crippen LogP contribution in [0.3, 0.4) is 0 Å². The van der Waals surface area contributed by atoms with Crippen LogP contribution in [0.5, 0.6) is 0 Å². The molecular formula is C14H23NO. The van der Waals surface area contributed by atoms with E-state index in [-0.39, 0.29) is 5.78 Å². The van der Waals surface area contributed by atoms with E-state index in [1.165, 1.54) is 25.7 Å². The van der Waals surface area contributed by atoms with Gasteiger partial charge in [0.15, 0.2) is 5.78 Å². The number of Topliss-reactive ketones (excluding diaryl/α,β-unsaturated/α-hetero) is 1. The minimum absolute atomic E-state index is 0.164. The lowest BCUT2D eigenvalue weighted by molar-refractivity contribution is -0.117. The van der Waals surface area contributed by atoms with Crippen LogP contribution in [0.2, 0.25) is 0 Å². The van der Waals surface area contributed by atoms with Gasteiger partial charge in [-0.3, -0.25) is 4.79 Å². The standard InChI is InChI=1S/C14H23NO/c1-4-9-15-12(3)14(16)10-13-7-5-11(2)6-8-13/h4,9,11,13,15H,3,5-8,10H2,1-2H3/b9-4-. The zero-order valence-electron chi connectivity index (χ0n) is 10.5. The summed E-state index contributed by atoms with van der Waals surface area (Å²) in [4.78, 5) is 11.8. The van der Waals surface area contributed by atoms with Gasteiger partial charge in [-0.2, -0.15) is 0 Å². The van der Waals surface area contributed by atoms with E-state index in [1.807, 2.05) is 13.0 Å². The summed E-state index contributed by atoms with van der Waals surface area (Å²) in [6, 6.07) is 0. The molecule has 0 spiro atoms. The first-order chi connectivity index (χ1) is 7.63. The summed E-state index contributed by atoms with van der Waals surface area (Å²) in [5, 5.41) is 2.91. The lowest BCUT2D eigenvalue weighted by Crippen LogP contribution is -2.20. The monoisotopic (exact) mass is 221 g/mol. The molecule has 0 unspecified atom stereocenters. The fourth-order valence-electron chi connectivity index (χ4n) is 2.18. The van der Waals surface area contributed by atoms with E-state index in [0.717, 1.165) is 5.92 Å². The first-order valence-corrected chi connectivity index (χ1v) is 6.23. The summed E-state index contributed by atoms with van der Waals surface area (Å²) in [6.45, 7) is 7.97. The minimum Gasteiger partial charge on any atom is -0.360 e. The van der Waals surface area contributed by atoms with E-state index in [9.17, 15) is 4.79 Å². The number of carbonyl (C=O) groups is 1. The predicted molar refractivity (Wildman–Crippen MR) is 67.8 cm³/mol. The number of nitrogens with one attached hydrogen (secondary N) is 1. The lowest BCUT2D eigenvalue weighted by Gasteiger charge is -2.25. The molecule has 2 heteroatoms. The summed E-state index contributed by atoms with van der Waals surface area (Å²) in [7, 11) is 0. The summed E-state index contributed by atoms with van der Waals surface area (Å²) in [5.41, 5.74) is 0.525. The van der Waals surface area contributed by atoms with Crippen molar-refractivity contribution in [3.8, 4) is 0 Å². The van der Waals surface area contributed by atoms with Crippen molar-refractivity contribution in [2.24, 2.45) is 11.8 Å². The van der Waals surface area contributed by atoms with Crippen LogP contribution >= 0.6 is 0 Å². The van der Waals surface area contributed by atoms with Crippen molar-refractivity contribution in [2.45, 2.75) is 46.0 Å². The average Bonchev–Trinajstić information content (AvgIpc) is 2.29. The van der Waals surface area contributed by atoms with Gasteiger partial charge in [-0.05, 0) is 37.8 Å². The highest BCUT2D eigenvalue weighted by Gasteiger charge is 2.21. The molecule has 2 nitrogen and oxygen atoms in total. The van der Waals surface area contributed by atoms with Crippen molar-refractivity contribution in [1.82, 2.24) is 5.32 Å². The van der Waals surface area contributed by atoms with E-state index in [4.69, 9.17) is 0 Å². The minimum atomic E-state index is 0.164. The molecule has 0 atom stereocenters. The van der Waals surface area contributed by atoms with Gasteiger partial charge in [0, 0.05) is 6.42 Å². The molecule has 0 amide bonds. The van der Waals surface area contributed by atoms with E-state index in [1.54, 1.807) is 6.20 Å². The summed E-state index contributed by atoms with van der Waals surface area (Å²) in [5.74, 6) is 1.58. The fraction of sp³-hybridized carbons (Fsp3) is 0.643. The second-order valence-corrected chi connectivity index (χ2v) is 4.88. The van der Waals surface area contributed by atoms with Crippen LogP contribution in [0.15, 0.2) is 24.6 Å². The van der Waals surface area contributed by atoms with Crippen molar-refractivity contribution >= 4 is 5.78 Å². The van der Waals surface area contributed by atoms with E-state index in [0.29, 0.717) is 18.0 Å². The molecule has 1 rings (SSSR count). The Bertz CT molecular complexity index is 272. The number of ketones is 1. The second kappa shape index (κ2) is 6.51. The molecule has 0 aromatic rings. The number of rotatable bonds is 5. The van der Waals surface area contributed by atoms with E-state index < -0.39 is 0 Å². The fourth-order valence-corrected chi connectivity index (χ4v) is 2.18. The van der Waals surface area contributed by atoms with Crippen LogP contribution in [-0.4, -0.2) is 5.78 Å². The number of hydrogen-bond donors (Lipinski definition) is 1. The molecule has 1 N–H and O–H groups in total. The van der Waals surface area contributed by atoms with Crippen LogP contribution < -0.4 is 5.32 Å². The Morgan fingerprint density at radius 1 is 1.38 bits per heavy atom. The van der Waals surface area contributed by atoms with Gasteiger partial charge in [0.25, 0.3) is 0 Å². The molecule has 90 valence electrons. The van der Waals surface area contributed by atoms with E-state index in [2.05, 4.69) is 18.8 Å². The number of carbonyl (C=O) groups excluding carboxylic acids is 1.